The standard InChI is InChI=1S/C31H35N7O10S2/c1-31(2,29(46)47)48-35-22(19-14-50-30(32)34-19)20(39)9-18-26(43)37-23(28(44)45)16(13-49-27(18)37)12-38-6-3-4-17(38)11-36(5-7-38)25(42)15-8-21(40)24(41)33-10-15/h8,10,14,17-18,27H,3-7,9,11-13H2,1-2H3,(H5-,32,33,34,35,39,40,41,42,44,45,46,47)/t17-,18+,27+,38?/m0/s1. The molecule has 50 heavy (non-hydrogen) atoms. The van der Waals surface area contributed by atoms with Crippen molar-refractivity contribution in [3.05, 3.63) is 50.5 Å². The minimum absolute atomic E-state index is 0.00512. The molecule has 0 saturated carbocycles. The number of H-pyrrole nitrogens is 1. The van der Waals surface area contributed by atoms with Crippen molar-refractivity contribution >= 4 is 63.5 Å². The molecule has 6 heterocycles. The Hall–Kier alpha value is -4.75. The highest BCUT2D eigenvalue weighted by Gasteiger charge is 2.55. The Labute approximate surface area is 293 Å². The number of amides is 2. The van der Waals surface area contributed by atoms with Gasteiger partial charge >= 0.3 is 5.97 Å². The number of thiazole rings is 1. The lowest BCUT2D eigenvalue weighted by Crippen LogP contribution is -2.66. The fraction of sp³-hybridized carbons (Fsp3) is 0.484. The maximum absolute atomic E-state index is 13.5. The average Bonchev–Trinajstić information content (AvgIpc) is 3.69. The van der Waals surface area contributed by atoms with E-state index in [2.05, 4.69) is 15.1 Å². The molecule has 4 aliphatic heterocycles. The van der Waals surface area contributed by atoms with E-state index in [0.29, 0.717) is 36.2 Å². The first kappa shape index (κ1) is 35.1. The second-order valence-corrected chi connectivity index (χ2v) is 15.3. The number of carbonyl (C=O) groups is 5. The topological polar surface area (TPSA) is 249 Å². The zero-order chi connectivity index (χ0) is 36.1. The molecule has 19 heteroatoms. The largest absolute Gasteiger partial charge is 0.543 e. The van der Waals surface area contributed by atoms with Crippen LogP contribution in [0.1, 0.15) is 49.2 Å². The maximum Gasteiger partial charge on any atom is 0.350 e. The van der Waals surface area contributed by atoms with E-state index in [1.165, 1.54) is 42.1 Å². The van der Waals surface area contributed by atoms with Crippen molar-refractivity contribution in [3.63, 3.8) is 0 Å². The van der Waals surface area contributed by atoms with E-state index in [9.17, 15) is 44.1 Å². The van der Waals surface area contributed by atoms with Crippen molar-refractivity contribution < 1.29 is 48.6 Å². The Morgan fingerprint density at radius 1 is 1.26 bits per heavy atom. The van der Waals surface area contributed by atoms with E-state index in [1.807, 2.05) is 0 Å². The number of β-lactam (4-membered cyclic amide) rings is 1. The number of aliphatic carboxylic acids is 2. The number of piperazine rings is 1. The fourth-order valence-corrected chi connectivity index (χ4v) is 8.96. The third kappa shape index (κ3) is 6.35. The number of oxime groups is 1. The second kappa shape index (κ2) is 13.2. The Morgan fingerprint density at radius 3 is 2.68 bits per heavy atom. The van der Waals surface area contributed by atoms with Crippen molar-refractivity contribution in [1.82, 2.24) is 19.8 Å². The molecule has 3 saturated heterocycles. The number of nitrogens with two attached hydrogens (primary N) is 1. The highest BCUT2D eigenvalue weighted by atomic mass is 32.2. The van der Waals surface area contributed by atoms with Crippen molar-refractivity contribution in [1.29, 1.82) is 0 Å². The molecule has 0 bridgehead atoms. The normalized spacial score (nSPS) is 25.1. The summed E-state index contributed by atoms with van der Waals surface area (Å²) in [6.07, 6.45) is 2.59. The summed E-state index contributed by atoms with van der Waals surface area (Å²) in [5, 5.41) is 36.5. The molecule has 2 aromatic heterocycles. The summed E-state index contributed by atoms with van der Waals surface area (Å²) in [5.74, 6) is -5.50. The predicted molar refractivity (Wildman–Crippen MR) is 177 cm³/mol. The molecule has 2 amide bonds. The van der Waals surface area contributed by atoms with Gasteiger partial charge in [0.1, 0.15) is 18.3 Å². The molecular weight excluding hydrogens is 695 g/mol. The predicted octanol–water partition coefficient (Wildman–Crippen LogP) is -0.667. The van der Waals surface area contributed by atoms with Gasteiger partial charge in [-0.3, -0.25) is 24.1 Å². The summed E-state index contributed by atoms with van der Waals surface area (Å²) in [4.78, 5) is 90.4. The molecule has 4 atom stereocenters. The number of anilines is 1. The van der Waals surface area contributed by atoms with Crippen LogP contribution in [0.2, 0.25) is 0 Å². The van der Waals surface area contributed by atoms with E-state index in [0.717, 1.165) is 36.8 Å². The summed E-state index contributed by atoms with van der Waals surface area (Å²) < 4.78 is 0.547. The number of nitrogens with one attached hydrogen (secondary N) is 1. The summed E-state index contributed by atoms with van der Waals surface area (Å²) in [7, 11) is 0. The number of aromatic nitrogens is 2. The number of pyridine rings is 1. The smallest absolute Gasteiger partial charge is 0.350 e. The Kier molecular flexibility index (Phi) is 9.25. The first-order chi connectivity index (χ1) is 23.6. The highest BCUT2D eigenvalue weighted by molar-refractivity contribution is 8.00. The Bertz CT molecular complexity index is 1900. The number of carboxylic acids is 2. The van der Waals surface area contributed by atoms with Crippen molar-refractivity contribution in [2.24, 2.45) is 11.1 Å². The van der Waals surface area contributed by atoms with E-state index in [4.69, 9.17) is 10.6 Å². The van der Waals surface area contributed by atoms with Crippen LogP contribution in [0, 0.1) is 5.92 Å². The van der Waals surface area contributed by atoms with Gasteiger partial charge in [-0.15, -0.1) is 23.1 Å². The van der Waals surface area contributed by atoms with Crippen LogP contribution < -0.4 is 16.4 Å². The maximum atomic E-state index is 13.5. The lowest BCUT2D eigenvalue weighted by molar-refractivity contribution is -0.938. The van der Waals surface area contributed by atoms with Gasteiger partial charge in [-0.05, 0) is 19.9 Å². The molecule has 1 unspecified atom stereocenters. The van der Waals surface area contributed by atoms with E-state index in [1.54, 1.807) is 4.90 Å². The van der Waals surface area contributed by atoms with Crippen LogP contribution in [-0.2, 0) is 24.0 Å². The summed E-state index contributed by atoms with van der Waals surface area (Å²) in [6.45, 7) is 4.93. The van der Waals surface area contributed by atoms with Gasteiger partial charge in [0.2, 0.25) is 11.5 Å². The zero-order valence-corrected chi connectivity index (χ0v) is 28.8. The average molecular weight is 730 g/mol. The van der Waals surface area contributed by atoms with Crippen molar-refractivity contribution in [2.45, 2.75) is 50.1 Å². The monoisotopic (exact) mass is 729 g/mol. The summed E-state index contributed by atoms with van der Waals surface area (Å²) in [6, 6.07) is 1.14. The molecular formula is C31H35N7O10S2. The number of nitrogens with zero attached hydrogens (tertiary/aromatic N) is 5. The number of aromatic amines is 1. The number of fused-ring (bicyclic) bond motifs is 2. The first-order valence-corrected chi connectivity index (χ1v) is 17.7. The van der Waals surface area contributed by atoms with Gasteiger partial charge in [0.15, 0.2) is 22.4 Å². The molecule has 0 aromatic carbocycles. The van der Waals surface area contributed by atoms with Crippen LogP contribution >= 0.6 is 23.1 Å². The van der Waals surface area contributed by atoms with E-state index in [-0.39, 0.29) is 51.9 Å². The van der Waals surface area contributed by atoms with Gasteiger partial charge in [0.05, 0.1) is 54.7 Å². The molecule has 4 aliphatic rings. The fourth-order valence-electron chi connectivity index (χ4n) is 7.01. The van der Waals surface area contributed by atoms with Crippen LogP contribution in [0.4, 0.5) is 5.13 Å². The number of rotatable bonds is 11. The number of carbonyl (C=O) groups excluding carboxylic acids is 4. The Balaban J connectivity index is 1.18. The van der Waals surface area contributed by atoms with Crippen molar-refractivity contribution in [2.75, 3.05) is 44.2 Å². The third-order valence-electron chi connectivity index (χ3n) is 9.75. The van der Waals surface area contributed by atoms with Crippen LogP contribution in [-0.4, -0.2) is 125 Å². The molecule has 0 spiro atoms. The minimum Gasteiger partial charge on any atom is -0.543 e. The number of thioether (sulfide) groups is 1. The number of hydrogen-bond acceptors (Lipinski definition) is 14. The van der Waals surface area contributed by atoms with Gasteiger partial charge < -0.3 is 45.1 Å². The second-order valence-electron chi connectivity index (χ2n) is 13.3. The molecule has 266 valence electrons. The molecule has 0 aliphatic carbocycles. The third-order valence-corrected chi connectivity index (χ3v) is 11.8. The molecule has 6 rings (SSSR count). The number of nitrogen functional groups attached to an aromatic ring is 1. The summed E-state index contributed by atoms with van der Waals surface area (Å²) >= 11 is 2.38. The number of hydrogen-bond donors (Lipinski definition) is 4. The summed E-state index contributed by atoms with van der Waals surface area (Å²) in [5.41, 5.74) is 3.54. The number of ketones is 1. The van der Waals surface area contributed by atoms with Gasteiger partial charge in [0.25, 0.3) is 11.5 Å². The highest BCUT2D eigenvalue weighted by Crippen LogP contribution is 2.46. The van der Waals surface area contributed by atoms with E-state index < -0.39 is 51.8 Å². The number of aromatic hydroxyl groups is 1. The molecule has 17 nitrogen and oxygen atoms in total. The molecule has 2 aromatic rings. The SMILES string of the molecule is CC(C)(O/N=C(\C(=O)C[C@@H]1C(=O)N2C(C(=O)[O-])=C(C[N+]34CCC[C@H]3CN(C(=O)c3c[nH]c(=O)c(O)c3)CC4)CS[C@H]12)c1csc(N)n1)C(=O)O. The van der Waals surface area contributed by atoms with Crippen molar-refractivity contribution in [3.8, 4) is 5.75 Å². The van der Waals surface area contributed by atoms with Gasteiger partial charge in [-0.1, -0.05) is 5.16 Å². The Morgan fingerprint density at radius 2 is 2.02 bits per heavy atom. The number of Topliss-reactive ketones (excluding diaryl/α,β-unsaturated/α-hetero) is 1. The van der Waals surface area contributed by atoms with Crippen LogP contribution in [0.5, 0.6) is 5.75 Å². The molecule has 3 fully saturated rings. The zero-order valence-electron chi connectivity index (χ0n) is 27.1. The lowest BCUT2D eigenvalue weighted by Gasteiger charge is -2.52. The quantitative estimate of drug-likeness (QED) is 0.0971. The first-order valence-electron chi connectivity index (χ1n) is 15.8. The van der Waals surface area contributed by atoms with Gasteiger partial charge in [0, 0.05) is 42.2 Å². The van der Waals surface area contributed by atoms with Gasteiger partial charge in [-0.2, -0.15) is 0 Å². The number of carboxylic acid groups (broad SMARTS) is 2. The minimum atomic E-state index is -1.77. The molecule has 0 radical (unpaired) electrons. The van der Waals surface area contributed by atoms with Crippen LogP contribution in [0.25, 0.3) is 0 Å². The van der Waals surface area contributed by atoms with Crippen LogP contribution in [0.15, 0.2) is 38.9 Å². The van der Waals surface area contributed by atoms with E-state index >= 15 is 0 Å². The molecule has 5 N–H and O–H groups in total. The number of quaternary nitrogens is 1. The lowest BCUT2D eigenvalue weighted by atomic mass is 9.89. The van der Waals surface area contributed by atoms with Crippen LogP contribution in [0.3, 0.4) is 0 Å². The van der Waals surface area contributed by atoms with Gasteiger partial charge in [-0.25, -0.2) is 9.78 Å².